The molecule has 1 N–H and O–H groups in total. The van der Waals surface area contributed by atoms with E-state index in [1.807, 2.05) is 0 Å². The molecule has 1 aromatic rings. The van der Waals surface area contributed by atoms with Crippen LogP contribution in [-0.2, 0) is 21.0 Å². The molecule has 0 aliphatic carbocycles. The second-order valence-corrected chi connectivity index (χ2v) is 7.24. The molecule has 0 aliphatic rings. The summed E-state index contributed by atoms with van der Waals surface area (Å²) in [6.45, 7) is 3.20. The first-order valence-electron chi connectivity index (χ1n) is 6.86. The molecule has 0 heterocycles. The number of hydrogen-bond donors (Lipinski definition) is 1. The van der Waals surface area contributed by atoms with Crippen molar-refractivity contribution in [2.24, 2.45) is 0 Å². The van der Waals surface area contributed by atoms with E-state index in [0.29, 0.717) is 0 Å². The number of nitrogens with one attached hydrogen (secondary N) is 1. The van der Waals surface area contributed by atoms with E-state index in [0.717, 1.165) is 22.7 Å². The fraction of sp³-hybridized carbons (Fsp3) is 0.500. The molecule has 0 unspecified atom stereocenters. The van der Waals surface area contributed by atoms with Gasteiger partial charge in [0, 0.05) is 19.0 Å². The average molecular weight is 352 g/mol. The van der Waals surface area contributed by atoms with Gasteiger partial charge in [-0.2, -0.15) is 17.5 Å². The Morgan fingerprint density at radius 2 is 1.83 bits per heavy atom. The highest BCUT2D eigenvalue weighted by Gasteiger charge is 2.33. The number of amides is 1. The third kappa shape index (κ3) is 5.83. The molecular formula is C14H19F3N2O3S. The molecule has 0 atom stereocenters. The molecule has 0 radical (unpaired) electrons. The second kappa shape index (κ2) is 7.31. The van der Waals surface area contributed by atoms with Crippen LogP contribution in [0.5, 0.6) is 0 Å². The van der Waals surface area contributed by atoms with Gasteiger partial charge in [0.25, 0.3) is 0 Å². The van der Waals surface area contributed by atoms with Gasteiger partial charge in [0.1, 0.15) is 0 Å². The summed E-state index contributed by atoms with van der Waals surface area (Å²) in [4.78, 5) is 11.8. The summed E-state index contributed by atoms with van der Waals surface area (Å²) in [5.74, 6) is -0.684. The lowest BCUT2D eigenvalue weighted by molar-refractivity contribution is -0.137. The number of carbonyl (C=O) groups is 1. The minimum absolute atomic E-state index is 0.101. The lowest BCUT2D eigenvalue weighted by atomic mass is 10.1. The van der Waals surface area contributed by atoms with Crippen molar-refractivity contribution < 1.29 is 26.4 Å². The maximum absolute atomic E-state index is 12.8. The molecule has 23 heavy (non-hydrogen) atoms. The van der Waals surface area contributed by atoms with Gasteiger partial charge in [0.05, 0.1) is 17.5 Å². The van der Waals surface area contributed by atoms with Crippen LogP contribution in [0, 0.1) is 0 Å². The Kier molecular flexibility index (Phi) is 6.18. The van der Waals surface area contributed by atoms with Gasteiger partial charge >= 0.3 is 6.18 Å². The number of alkyl halides is 3. The second-order valence-electron chi connectivity index (χ2n) is 5.31. The molecule has 0 aliphatic heterocycles. The standard InChI is InChI=1S/C14H19F3N2O3S/c1-10(2)19(23(3,21)22)9-8-13(20)18-12-7-5-4-6-11(12)14(15,16)17/h4-7,10H,8-9H2,1-3H3,(H,18,20). The number of nitrogens with zero attached hydrogens (tertiary/aromatic N) is 1. The Bertz CT molecular complexity index is 657. The van der Waals surface area contributed by atoms with Crippen LogP contribution >= 0.6 is 0 Å². The highest BCUT2D eigenvalue weighted by molar-refractivity contribution is 7.88. The van der Waals surface area contributed by atoms with E-state index >= 15 is 0 Å². The number of carbonyl (C=O) groups excluding carboxylic acids is 1. The summed E-state index contributed by atoms with van der Waals surface area (Å²) in [5.41, 5.74) is -1.29. The molecule has 0 saturated carbocycles. The minimum Gasteiger partial charge on any atom is -0.325 e. The number of para-hydroxylation sites is 1. The summed E-state index contributed by atoms with van der Waals surface area (Å²) >= 11 is 0. The molecule has 0 saturated heterocycles. The quantitative estimate of drug-likeness (QED) is 0.856. The lowest BCUT2D eigenvalue weighted by Gasteiger charge is -2.23. The van der Waals surface area contributed by atoms with Crippen molar-refractivity contribution >= 4 is 21.6 Å². The van der Waals surface area contributed by atoms with Crippen molar-refractivity contribution in [2.75, 3.05) is 18.1 Å². The summed E-state index contributed by atoms with van der Waals surface area (Å²) in [6.07, 6.45) is -3.80. The zero-order valence-corrected chi connectivity index (χ0v) is 13.8. The van der Waals surface area contributed by atoms with E-state index < -0.39 is 27.7 Å². The van der Waals surface area contributed by atoms with E-state index in [1.54, 1.807) is 13.8 Å². The minimum atomic E-state index is -4.58. The van der Waals surface area contributed by atoms with Gasteiger partial charge < -0.3 is 5.32 Å². The molecule has 9 heteroatoms. The molecule has 1 amide bonds. The number of hydrogen-bond acceptors (Lipinski definition) is 3. The average Bonchev–Trinajstić information content (AvgIpc) is 2.36. The first-order valence-corrected chi connectivity index (χ1v) is 8.70. The van der Waals surface area contributed by atoms with E-state index in [-0.39, 0.29) is 24.7 Å². The Morgan fingerprint density at radius 3 is 2.30 bits per heavy atom. The van der Waals surface area contributed by atoms with Crippen molar-refractivity contribution in [3.8, 4) is 0 Å². The molecule has 1 rings (SSSR count). The monoisotopic (exact) mass is 352 g/mol. The molecule has 0 spiro atoms. The van der Waals surface area contributed by atoms with Gasteiger partial charge in [-0.15, -0.1) is 0 Å². The first kappa shape index (κ1) is 19.4. The zero-order valence-electron chi connectivity index (χ0n) is 13.0. The summed E-state index contributed by atoms with van der Waals surface area (Å²) in [6, 6.07) is 4.27. The summed E-state index contributed by atoms with van der Waals surface area (Å²) < 4.78 is 62.8. The first-order chi connectivity index (χ1) is 10.4. The van der Waals surface area contributed by atoms with Crippen LogP contribution < -0.4 is 5.32 Å². The zero-order chi connectivity index (χ0) is 17.8. The Balaban J connectivity index is 2.79. The van der Waals surface area contributed by atoms with E-state index in [9.17, 15) is 26.4 Å². The summed E-state index contributed by atoms with van der Waals surface area (Å²) in [5, 5.41) is 2.18. The highest BCUT2D eigenvalue weighted by Crippen LogP contribution is 2.34. The number of halogens is 3. The van der Waals surface area contributed by atoms with Crippen LogP contribution in [0.25, 0.3) is 0 Å². The fourth-order valence-corrected chi connectivity index (χ4v) is 3.26. The molecule has 1 aromatic carbocycles. The topological polar surface area (TPSA) is 66.5 Å². The van der Waals surface area contributed by atoms with Gasteiger partial charge in [-0.1, -0.05) is 12.1 Å². The van der Waals surface area contributed by atoms with Crippen LogP contribution in [0.15, 0.2) is 24.3 Å². The van der Waals surface area contributed by atoms with Crippen molar-refractivity contribution in [3.63, 3.8) is 0 Å². The van der Waals surface area contributed by atoms with Crippen LogP contribution in [0.2, 0.25) is 0 Å². The summed E-state index contributed by atoms with van der Waals surface area (Å²) in [7, 11) is -3.49. The third-order valence-electron chi connectivity index (χ3n) is 3.07. The maximum Gasteiger partial charge on any atom is 0.418 e. The maximum atomic E-state index is 12.8. The van der Waals surface area contributed by atoms with Crippen molar-refractivity contribution in [1.82, 2.24) is 4.31 Å². The van der Waals surface area contributed by atoms with Gasteiger partial charge in [-0.25, -0.2) is 8.42 Å². The Hall–Kier alpha value is -1.61. The van der Waals surface area contributed by atoms with Gasteiger partial charge in [-0.05, 0) is 26.0 Å². The highest BCUT2D eigenvalue weighted by atomic mass is 32.2. The Morgan fingerprint density at radius 1 is 1.26 bits per heavy atom. The largest absolute Gasteiger partial charge is 0.418 e. The number of anilines is 1. The number of benzene rings is 1. The molecular weight excluding hydrogens is 333 g/mol. The van der Waals surface area contributed by atoms with Crippen LogP contribution in [-0.4, -0.2) is 37.5 Å². The number of rotatable bonds is 6. The van der Waals surface area contributed by atoms with Crippen LogP contribution in [0.1, 0.15) is 25.8 Å². The molecule has 5 nitrogen and oxygen atoms in total. The smallest absolute Gasteiger partial charge is 0.325 e. The Labute approximate surface area is 133 Å². The van der Waals surface area contributed by atoms with E-state index in [2.05, 4.69) is 5.32 Å². The van der Waals surface area contributed by atoms with Crippen molar-refractivity contribution in [2.45, 2.75) is 32.5 Å². The number of sulfonamides is 1. The van der Waals surface area contributed by atoms with Gasteiger partial charge in [-0.3, -0.25) is 4.79 Å². The third-order valence-corrected chi connectivity index (χ3v) is 4.52. The van der Waals surface area contributed by atoms with Crippen LogP contribution in [0.3, 0.4) is 0 Å². The molecule has 0 fully saturated rings. The molecule has 0 aromatic heterocycles. The van der Waals surface area contributed by atoms with E-state index in [4.69, 9.17) is 0 Å². The van der Waals surface area contributed by atoms with Crippen molar-refractivity contribution in [3.05, 3.63) is 29.8 Å². The normalized spacial score (nSPS) is 12.7. The van der Waals surface area contributed by atoms with Gasteiger partial charge in [0.15, 0.2) is 0 Å². The van der Waals surface area contributed by atoms with Crippen molar-refractivity contribution in [1.29, 1.82) is 0 Å². The molecule has 130 valence electrons. The fourth-order valence-electron chi connectivity index (χ4n) is 2.07. The van der Waals surface area contributed by atoms with Gasteiger partial charge in [0.2, 0.25) is 15.9 Å². The lowest BCUT2D eigenvalue weighted by Crippen LogP contribution is -2.38. The predicted octanol–water partition coefficient (Wildman–Crippen LogP) is 2.70. The van der Waals surface area contributed by atoms with E-state index in [1.165, 1.54) is 12.1 Å². The molecule has 0 bridgehead atoms. The SMILES string of the molecule is CC(C)N(CCC(=O)Nc1ccccc1C(F)(F)F)S(C)(=O)=O. The van der Waals surface area contributed by atoms with Crippen LogP contribution in [0.4, 0.5) is 18.9 Å². The predicted molar refractivity (Wildman–Crippen MR) is 81.4 cm³/mol.